The van der Waals surface area contributed by atoms with Crippen LogP contribution in [0.15, 0.2) is 47.3 Å². The van der Waals surface area contributed by atoms with Crippen LogP contribution in [0.2, 0.25) is 0 Å². The summed E-state index contributed by atoms with van der Waals surface area (Å²) in [5, 5.41) is 0. The molecule has 2 atom stereocenters. The highest BCUT2D eigenvalue weighted by atomic mass is 16.5. The van der Waals surface area contributed by atoms with Crippen molar-refractivity contribution in [3.05, 3.63) is 54.2 Å². The van der Waals surface area contributed by atoms with E-state index in [4.69, 9.17) is 14.9 Å². The number of nitrogens with zero attached hydrogens (tertiary/aromatic N) is 1. The summed E-state index contributed by atoms with van der Waals surface area (Å²) in [6, 6.07) is 7.55. The van der Waals surface area contributed by atoms with Crippen LogP contribution in [0.25, 0.3) is 0 Å². The molecule has 4 heteroatoms. The van der Waals surface area contributed by atoms with Gasteiger partial charge in [-0.25, -0.2) is 0 Å². The quantitative estimate of drug-likeness (QED) is 0.851. The van der Waals surface area contributed by atoms with Crippen LogP contribution >= 0.6 is 0 Å². The summed E-state index contributed by atoms with van der Waals surface area (Å²) in [7, 11) is 0. The Morgan fingerprint density at radius 1 is 1.39 bits per heavy atom. The molecule has 2 unspecified atom stereocenters. The summed E-state index contributed by atoms with van der Waals surface area (Å²) in [5.74, 6) is 0.798. The second-order valence-corrected chi connectivity index (χ2v) is 4.17. The summed E-state index contributed by atoms with van der Waals surface area (Å²) in [6.45, 7) is 2.46. The molecule has 0 aliphatic carbocycles. The fourth-order valence-electron chi connectivity index (χ4n) is 1.79. The maximum Gasteiger partial charge on any atom is 0.129 e. The van der Waals surface area contributed by atoms with E-state index in [0.717, 1.165) is 17.7 Å². The molecule has 96 valence electrons. The van der Waals surface area contributed by atoms with Crippen LogP contribution in [0.3, 0.4) is 0 Å². The highest BCUT2D eigenvalue weighted by Gasteiger charge is 2.19. The molecular formula is C14H18N2O2. The Hall–Kier alpha value is -1.65. The maximum absolute atomic E-state index is 6.11. The predicted molar refractivity (Wildman–Crippen MR) is 68.7 cm³/mol. The summed E-state index contributed by atoms with van der Waals surface area (Å²) in [4.78, 5) is 4.11. The van der Waals surface area contributed by atoms with Crippen LogP contribution in [0.1, 0.15) is 30.8 Å². The van der Waals surface area contributed by atoms with Crippen molar-refractivity contribution in [3.8, 4) is 0 Å². The summed E-state index contributed by atoms with van der Waals surface area (Å²) in [6.07, 6.45) is 5.86. The monoisotopic (exact) mass is 246 g/mol. The van der Waals surface area contributed by atoms with E-state index in [1.54, 1.807) is 18.7 Å². The lowest BCUT2D eigenvalue weighted by Gasteiger charge is -2.23. The molecule has 2 aromatic heterocycles. The lowest BCUT2D eigenvalue weighted by Crippen LogP contribution is -2.29. The van der Waals surface area contributed by atoms with Crippen molar-refractivity contribution >= 4 is 0 Å². The van der Waals surface area contributed by atoms with Gasteiger partial charge in [-0.2, -0.15) is 0 Å². The highest BCUT2D eigenvalue weighted by molar-refractivity contribution is 5.14. The van der Waals surface area contributed by atoms with E-state index in [-0.39, 0.29) is 12.1 Å². The smallest absolute Gasteiger partial charge is 0.129 e. The zero-order chi connectivity index (χ0) is 12.8. The van der Waals surface area contributed by atoms with Gasteiger partial charge in [0, 0.05) is 24.0 Å². The van der Waals surface area contributed by atoms with E-state index < -0.39 is 0 Å². The second-order valence-electron chi connectivity index (χ2n) is 4.17. The molecule has 2 rings (SSSR count). The van der Waals surface area contributed by atoms with Gasteiger partial charge in [-0.1, -0.05) is 13.0 Å². The van der Waals surface area contributed by atoms with E-state index in [1.807, 2.05) is 31.2 Å². The van der Waals surface area contributed by atoms with Crippen molar-refractivity contribution in [1.29, 1.82) is 0 Å². The molecule has 2 aromatic rings. The molecule has 0 bridgehead atoms. The van der Waals surface area contributed by atoms with Gasteiger partial charge in [0.2, 0.25) is 0 Å². The standard InChI is InChI=1S/C14H18N2O2/c1-2-13(15)14(11-5-3-7-16-9-11)18-10-12-6-4-8-17-12/h3-9,13-14H,2,10,15H2,1H3. The third-order valence-electron chi connectivity index (χ3n) is 2.86. The number of furan rings is 1. The number of hydrogen-bond acceptors (Lipinski definition) is 4. The van der Waals surface area contributed by atoms with E-state index in [1.165, 1.54) is 0 Å². The average molecular weight is 246 g/mol. The fraction of sp³-hybridized carbons (Fsp3) is 0.357. The fourth-order valence-corrected chi connectivity index (χ4v) is 1.79. The van der Waals surface area contributed by atoms with Gasteiger partial charge in [0.1, 0.15) is 12.4 Å². The van der Waals surface area contributed by atoms with Gasteiger partial charge >= 0.3 is 0 Å². The molecule has 2 heterocycles. The van der Waals surface area contributed by atoms with Crippen LogP contribution in [0, 0.1) is 0 Å². The molecule has 0 saturated carbocycles. The molecule has 0 radical (unpaired) electrons. The van der Waals surface area contributed by atoms with E-state index >= 15 is 0 Å². The first-order chi connectivity index (χ1) is 8.81. The molecule has 0 aliphatic heterocycles. The first-order valence-corrected chi connectivity index (χ1v) is 6.10. The Balaban J connectivity index is 2.06. The number of hydrogen-bond donors (Lipinski definition) is 1. The molecule has 18 heavy (non-hydrogen) atoms. The van der Waals surface area contributed by atoms with Crippen LogP contribution < -0.4 is 5.73 Å². The number of rotatable bonds is 6. The normalized spacial score (nSPS) is 14.3. The number of ether oxygens (including phenoxy) is 1. The van der Waals surface area contributed by atoms with Crippen molar-refractivity contribution in [3.63, 3.8) is 0 Å². The Morgan fingerprint density at radius 3 is 2.89 bits per heavy atom. The molecule has 0 aliphatic rings. The molecule has 2 N–H and O–H groups in total. The Morgan fingerprint density at radius 2 is 2.28 bits per heavy atom. The molecule has 0 spiro atoms. The highest BCUT2D eigenvalue weighted by Crippen LogP contribution is 2.22. The number of pyridine rings is 1. The van der Waals surface area contributed by atoms with E-state index in [0.29, 0.717) is 6.61 Å². The minimum atomic E-state index is -0.159. The Kier molecular flexibility index (Phi) is 4.50. The largest absolute Gasteiger partial charge is 0.467 e. The van der Waals surface area contributed by atoms with Crippen molar-refractivity contribution in [1.82, 2.24) is 4.98 Å². The Bertz CT molecular complexity index is 442. The van der Waals surface area contributed by atoms with Crippen LogP contribution in [-0.4, -0.2) is 11.0 Å². The minimum absolute atomic E-state index is 0.0517. The predicted octanol–water partition coefficient (Wildman–Crippen LogP) is 2.67. The van der Waals surface area contributed by atoms with Crippen LogP contribution in [0.5, 0.6) is 0 Å². The molecule has 0 fully saturated rings. The summed E-state index contributed by atoms with van der Waals surface area (Å²) < 4.78 is 11.1. The first kappa shape index (κ1) is 12.8. The van der Waals surface area contributed by atoms with Gasteiger partial charge in [-0.3, -0.25) is 4.98 Å². The zero-order valence-electron chi connectivity index (χ0n) is 10.5. The molecule has 0 aromatic carbocycles. The topological polar surface area (TPSA) is 61.3 Å². The van der Waals surface area contributed by atoms with Crippen molar-refractivity contribution in [2.75, 3.05) is 0 Å². The van der Waals surface area contributed by atoms with Gasteiger partial charge in [0.25, 0.3) is 0 Å². The van der Waals surface area contributed by atoms with E-state index in [9.17, 15) is 0 Å². The Labute approximate surface area is 107 Å². The SMILES string of the molecule is CCC(N)C(OCc1ccco1)c1cccnc1. The average Bonchev–Trinajstić information content (AvgIpc) is 2.93. The third-order valence-corrected chi connectivity index (χ3v) is 2.86. The summed E-state index contributed by atoms with van der Waals surface area (Å²) >= 11 is 0. The van der Waals surface area contributed by atoms with Gasteiger partial charge in [0.15, 0.2) is 0 Å². The van der Waals surface area contributed by atoms with Gasteiger partial charge in [-0.15, -0.1) is 0 Å². The molecule has 0 amide bonds. The summed E-state index contributed by atoms with van der Waals surface area (Å²) in [5.41, 5.74) is 7.10. The van der Waals surface area contributed by atoms with Gasteiger partial charge in [0.05, 0.1) is 12.4 Å². The second kappa shape index (κ2) is 6.33. The lowest BCUT2D eigenvalue weighted by atomic mass is 10.0. The molecule has 0 saturated heterocycles. The lowest BCUT2D eigenvalue weighted by molar-refractivity contribution is 0.0124. The van der Waals surface area contributed by atoms with E-state index in [2.05, 4.69) is 4.98 Å². The molecule has 4 nitrogen and oxygen atoms in total. The van der Waals surface area contributed by atoms with Crippen LogP contribution in [0.4, 0.5) is 0 Å². The van der Waals surface area contributed by atoms with Crippen molar-refractivity contribution in [2.45, 2.75) is 32.1 Å². The zero-order valence-corrected chi connectivity index (χ0v) is 10.5. The first-order valence-electron chi connectivity index (χ1n) is 6.10. The van der Waals surface area contributed by atoms with Crippen LogP contribution in [-0.2, 0) is 11.3 Å². The van der Waals surface area contributed by atoms with Gasteiger partial charge < -0.3 is 14.9 Å². The van der Waals surface area contributed by atoms with Crippen molar-refractivity contribution in [2.24, 2.45) is 5.73 Å². The number of nitrogens with two attached hydrogens (primary N) is 1. The van der Waals surface area contributed by atoms with Gasteiger partial charge in [-0.05, 0) is 24.6 Å². The molecular weight excluding hydrogens is 228 g/mol. The van der Waals surface area contributed by atoms with Crippen molar-refractivity contribution < 1.29 is 9.15 Å². The number of aromatic nitrogens is 1. The maximum atomic E-state index is 6.11. The minimum Gasteiger partial charge on any atom is -0.467 e. The third kappa shape index (κ3) is 3.18.